The molecular formula is C19H26ClFN6OS. The first-order valence-corrected chi connectivity index (χ1v) is 11.5. The van der Waals surface area contributed by atoms with E-state index in [1.54, 1.807) is 11.9 Å². The fraction of sp³-hybridized carbons (Fsp3) is 0.632. The third kappa shape index (κ3) is 4.52. The zero-order valence-electron chi connectivity index (χ0n) is 16.6. The molecule has 0 radical (unpaired) electrons. The Morgan fingerprint density at radius 1 is 1.28 bits per heavy atom. The zero-order valence-corrected chi connectivity index (χ0v) is 18.2. The van der Waals surface area contributed by atoms with Gasteiger partial charge in [-0.15, -0.1) is 0 Å². The van der Waals surface area contributed by atoms with Crippen molar-refractivity contribution in [2.24, 2.45) is 0 Å². The molecule has 4 rings (SSSR count). The third-order valence-corrected chi connectivity index (χ3v) is 6.71. The first-order valence-electron chi connectivity index (χ1n) is 9.93. The Labute approximate surface area is 179 Å². The van der Waals surface area contributed by atoms with Crippen LogP contribution in [0.3, 0.4) is 0 Å². The minimum atomic E-state index is -0.416. The molecule has 0 aliphatic carbocycles. The van der Waals surface area contributed by atoms with Gasteiger partial charge in [0, 0.05) is 19.1 Å². The summed E-state index contributed by atoms with van der Waals surface area (Å²) in [4.78, 5) is 10.2. The number of nitrogens with zero attached hydrogens (tertiary/aromatic N) is 5. The molecule has 1 saturated heterocycles. The molecule has 0 spiro atoms. The Morgan fingerprint density at radius 3 is 2.69 bits per heavy atom. The molecule has 2 aromatic heterocycles. The number of ether oxygens (including phenoxy) is 1. The molecule has 0 saturated carbocycles. The number of aryl methyl sites for hydroxylation is 1. The Kier molecular flexibility index (Phi) is 6.58. The van der Waals surface area contributed by atoms with Crippen molar-refractivity contribution in [2.45, 2.75) is 50.8 Å². The number of hydrogen-bond acceptors (Lipinski definition) is 7. The highest BCUT2D eigenvalue weighted by Crippen LogP contribution is 2.33. The van der Waals surface area contributed by atoms with E-state index in [-0.39, 0.29) is 12.1 Å². The molecule has 0 aromatic carbocycles. The van der Waals surface area contributed by atoms with E-state index in [0.29, 0.717) is 18.6 Å². The van der Waals surface area contributed by atoms with Crippen molar-refractivity contribution in [3.05, 3.63) is 34.6 Å². The molecule has 7 nitrogen and oxygen atoms in total. The van der Waals surface area contributed by atoms with E-state index in [1.165, 1.54) is 12.4 Å². The Hall–Kier alpha value is -1.42. The lowest BCUT2D eigenvalue weighted by atomic mass is 9.98. The van der Waals surface area contributed by atoms with E-state index < -0.39 is 5.82 Å². The van der Waals surface area contributed by atoms with Gasteiger partial charge in [0.25, 0.3) is 0 Å². The lowest BCUT2D eigenvalue weighted by Gasteiger charge is -2.36. The number of rotatable bonds is 6. The average molecular weight is 441 g/mol. The molecule has 158 valence electrons. The van der Waals surface area contributed by atoms with Gasteiger partial charge >= 0.3 is 0 Å². The van der Waals surface area contributed by atoms with Crippen LogP contribution in [0.4, 0.5) is 10.3 Å². The van der Waals surface area contributed by atoms with Crippen LogP contribution in [-0.2, 0) is 11.2 Å². The van der Waals surface area contributed by atoms with Gasteiger partial charge in [0.1, 0.15) is 0 Å². The molecular weight excluding hydrogens is 415 g/mol. The molecule has 0 bridgehead atoms. The van der Waals surface area contributed by atoms with Crippen molar-refractivity contribution in [3.8, 4) is 0 Å². The van der Waals surface area contributed by atoms with Crippen LogP contribution in [0.5, 0.6) is 0 Å². The van der Waals surface area contributed by atoms with Gasteiger partial charge in [0.2, 0.25) is 5.95 Å². The summed E-state index contributed by atoms with van der Waals surface area (Å²) in [6.07, 6.45) is 8.36. The minimum absolute atomic E-state index is 0.121. The van der Waals surface area contributed by atoms with E-state index in [2.05, 4.69) is 29.4 Å². The standard InChI is InChI=1S/C19H26ClFN6OS/c1-12-18(20)16-4-3-15(25-29-2)17(27(16)24-12)11-28-14-5-7-26(8-6-14)19-22-9-13(21)10-23-19/h9-10,14-15,17,25H,3-8,11H2,1-2H3. The lowest BCUT2D eigenvalue weighted by molar-refractivity contribution is 0.00620. The monoisotopic (exact) mass is 440 g/mol. The lowest BCUT2D eigenvalue weighted by Crippen LogP contribution is -2.43. The van der Waals surface area contributed by atoms with E-state index in [0.717, 1.165) is 55.2 Å². The SMILES string of the molecule is CSNC1CCc2c(Cl)c(C)nn2C1COC1CCN(c2ncc(F)cn2)CC1. The summed E-state index contributed by atoms with van der Waals surface area (Å²) >= 11 is 8.09. The quantitative estimate of drug-likeness (QED) is 0.692. The molecule has 2 aliphatic heterocycles. The normalized spacial score (nSPS) is 22.7. The number of anilines is 1. The summed E-state index contributed by atoms with van der Waals surface area (Å²) in [6.45, 7) is 4.15. The van der Waals surface area contributed by atoms with Crippen molar-refractivity contribution >= 4 is 29.5 Å². The van der Waals surface area contributed by atoms with Crippen molar-refractivity contribution in [1.82, 2.24) is 24.5 Å². The topological polar surface area (TPSA) is 68.1 Å². The molecule has 1 fully saturated rings. The summed E-state index contributed by atoms with van der Waals surface area (Å²) in [5.74, 6) is 0.161. The van der Waals surface area contributed by atoms with E-state index in [4.69, 9.17) is 16.3 Å². The summed E-state index contributed by atoms with van der Waals surface area (Å²) in [5, 5.41) is 5.47. The van der Waals surface area contributed by atoms with Gasteiger partial charge in [-0.05, 0) is 38.9 Å². The van der Waals surface area contributed by atoms with Crippen LogP contribution in [0.25, 0.3) is 0 Å². The molecule has 29 heavy (non-hydrogen) atoms. The fourth-order valence-corrected chi connectivity index (χ4v) is 4.93. The third-order valence-electron chi connectivity index (χ3n) is 5.68. The number of halogens is 2. The molecule has 2 unspecified atom stereocenters. The zero-order chi connectivity index (χ0) is 20.4. The van der Waals surface area contributed by atoms with Crippen LogP contribution < -0.4 is 9.62 Å². The molecule has 2 atom stereocenters. The first-order chi connectivity index (χ1) is 14.1. The van der Waals surface area contributed by atoms with Gasteiger partial charge in [-0.1, -0.05) is 23.5 Å². The van der Waals surface area contributed by atoms with Crippen molar-refractivity contribution in [3.63, 3.8) is 0 Å². The summed E-state index contributed by atoms with van der Waals surface area (Å²) in [7, 11) is 0. The fourth-order valence-electron chi connectivity index (χ4n) is 4.13. The highest BCUT2D eigenvalue weighted by Gasteiger charge is 2.33. The largest absolute Gasteiger partial charge is 0.376 e. The van der Waals surface area contributed by atoms with E-state index in [1.807, 2.05) is 13.2 Å². The van der Waals surface area contributed by atoms with Gasteiger partial charge in [-0.3, -0.25) is 9.40 Å². The molecule has 1 N–H and O–H groups in total. The molecule has 10 heteroatoms. The van der Waals surface area contributed by atoms with Crippen LogP contribution in [-0.4, -0.2) is 57.8 Å². The van der Waals surface area contributed by atoms with E-state index in [9.17, 15) is 4.39 Å². The Morgan fingerprint density at radius 2 is 2.00 bits per heavy atom. The number of piperidine rings is 1. The second-order valence-electron chi connectivity index (χ2n) is 7.55. The Bertz CT molecular complexity index is 827. The summed E-state index contributed by atoms with van der Waals surface area (Å²) < 4.78 is 24.9. The van der Waals surface area contributed by atoms with Crippen LogP contribution in [0, 0.1) is 12.7 Å². The number of hydrogen-bond donors (Lipinski definition) is 1. The summed E-state index contributed by atoms with van der Waals surface area (Å²) in [6, 6.07) is 0.413. The molecule has 2 aromatic rings. The molecule has 0 amide bonds. The first kappa shape index (κ1) is 20.8. The van der Waals surface area contributed by atoms with Crippen LogP contribution in [0.15, 0.2) is 12.4 Å². The van der Waals surface area contributed by atoms with Crippen molar-refractivity contribution in [1.29, 1.82) is 0 Å². The van der Waals surface area contributed by atoms with Gasteiger partial charge in [0.05, 0.1) is 47.6 Å². The maximum Gasteiger partial charge on any atom is 0.225 e. The highest BCUT2D eigenvalue weighted by molar-refractivity contribution is 7.96. The van der Waals surface area contributed by atoms with Crippen LogP contribution >= 0.6 is 23.5 Å². The van der Waals surface area contributed by atoms with Crippen LogP contribution in [0.1, 0.15) is 36.7 Å². The van der Waals surface area contributed by atoms with Crippen molar-refractivity contribution < 1.29 is 9.13 Å². The van der Waals surface area contributed by atoms with Crippen molar-refractivity contribution in [2.75, 3.05) is 30.9 Å². The van der Waals surface area contributed by atoms with Gasteiger partial charge in [0.15, 0.2) is 5.82 Å². The predicted octanol–water partition coefficient (Wildman–Crippen LogP) is 3.18. The van der Waals surface area contributed by atoms with Gasteiger partial charge in [-0.25, -0.2) is 14.4 Å². The predicted molar refractivity (Wildman–Crippen MR) is 113 cm³/mol. The smallest absolute Gasteiger partial charge is 0.225 e. The second kappa shape index (κ2) is 9.16. The number of fused-ring (bicyclic) bond motifs is 1. The Balaban J connectivity index is 1.37. The minimum Gasteiger partial charge on any atom is -0.376 e. The summed E-state index contributed by atoms with van der Waals surface area (Å²) in [5.41, 5.74) is 1.99. The molecule has 2 aliphatic rings. The average Bonchev–Trinajstić information content (AvgIpc) is 3.02. The molecule has 4 heterocycles. The van der Waals surface area contributed by atoms with Crippen LogP contribution in [0.2, 0.25) is 5.02 Å². The maximum absolute atomic E-state index is 13.0. The van der Waals surface area contributed by atoms with Gasteiger partial charge in [-0.2, -0.15) is 5.10 Å². The van der Waals surface area contributed by atoms with E-state index >= 15 is 0 Å². The number of aromatic nitrogens is 4. The highest BCUT2D eigenvalue weighted by atomic mass is 35.5. The number of nitrogens with one attached hydrogen (secondary N) is 1. The maximum atomic E-state index is 13.0. The second-order valence-corrected chi connectivity index (χ2v) is 8.57. The van der Waals surface area contributed by atoms with Gasteiger partial charge < -0.3 is 9.64 Å².